The molecule has 0 spiro atoms. The van der Waals surface area contributed by atoms with Gasteiger partial charge in [-0.1, -0.05) is 19.4 Å². The Hall–Kier alpha value is -2.04. The Labute approximate surface area is 118 Å². The van der Waals surface area contributed by atoms with Gasteiger partial charge in [-0.05, 0) is 31.0 Å². The van der Waals surface area contributed by atoms with Crippen molar-refractivity contribution in [3.05, 3.63) is 29.3 Å². The minimum atomic E-state index is -0.912. The molecule has 20 heavy (non-hydrogen) atoms. The number of hydrogen-bond acceptors (Lipinski definition) is 3. The summed E-state index contributed by atoms with van der Waals surface area (Å²) in [7, 11) is 1.55. The highest BCUT2D eigenvalue weighted by Gasteiger charge is 2.16. The molecule has 1 atom stereocenters. The van der Waals surface area contributed by atoms with Crippen LogP contribution in [0, 0.1) is 6.92 Å². The number of carbonyl (C=O) groups excluding carboxylic acids is 1. The Balaban J connectivity index is 2.80. The molecule has 0 aromatic heterocycles. The molecule has 1 unspecified atom stereocenters. The van der Waals surface area contributed by atoms with Crippen molar-refractivity contribution in [1.29, 1.82) is 0 Å². The highest BCUT2D eigenvalue weighted by atomic mass is 16.5. The highest BCUT2D eigenvalue weighted by Crippen LogP contribution is 2.19. The second-order valence-corrected chi connectivity index (χ2v) is 4.74. The molecular formula is C15H21NO4. The molecule has 2 N–H and O–H groups in total. The number of methoxy groups -OCH3 is 1. The average Bonchev–Trinajstić information content (AvgIpc) is 2.38. The summed E-state index contributed by atoms with van der Waals surface area (Å²) in [6.45, 7) is 3.85. The summed E-state index contributed by atoms with van der Waals surface area (Å²) in [5.74, 6) is -0.545. The standard InChI is InChI=1S/C15H21NO4/c1-4-5-12(9-14(17)18)16-15(19)11-7-6-10(2)13(8-11)20-3/h6-8,12H,4-5,9H2,1-3H3,(H,16,19)(H,17,18). The Bertz CT molecular complexity index is 485. The third-order valence-corrected chi connectivity index (χ3v) is 3.06. The van der Waals surface area contributed by atoms with E-state index >= 15 is 0 Å². The van der Waals surface area contributed by atoms with Crippen molar-refractivity contribution in [3.8, 4) is 5.75 Å². The molecule has 1 aromatic carbocycles. The topological polar surface area (TPSA) is 75.6 Å². The molecule has 0 saturated carbocycles. The third-order valence-electron chi connectivity index (χ3n) is 3.06. The monoisotopic (exact) mass is 279 g/mol. The van der Waals surface area contributed by atoms with Crippen LogP contribution in [-0.4, -0.2) is 30.1 Å². The molecule has 0 aliphatic rings. The molecule has 5 nitrogen and oxygen atoms in total. The molecule has 1 aromatic rings. The Kier molecular flexibility index (Phi) is 6.03. The van der Waals surface area contributed by atoms with Crippen LogP contribution in [0.3, 0.4) is 0 Å². The normalized spacial score (nSPS) is 11.8. The number of carboxylic acid groups (broad SMARTS) is 1. The number of carbonyl (C=O) groups is 2. The first-order chi connectivity index (χ1) is 9.47. The van der Waals surface area contributed by atoms with Gasteiger partial charge in [-0.15, -0.1) is 0 Å². The lowest BCUT2D eigenvalue weighted by Gasteiger charge is -2.16. The zero-order valence-electron chi connectivity index (χ0n) is 12.1. The van der Waals surface area contributed by atoms with Gasteiger partial charge in [0.05, 0.1) is 13.5 Å². The molecule has 0 radical (unpaired) electrons. The van der Waals surface area contributed by atoms with Crippen molar-refractivity contribution < 1.29 is 19.4 Å². The van der Waals surface area contributed by atoms with Gasteiger partial charge in [-0.25, -0.2) is 0 Å². The largest absolute Gasteiger partial charge is 0.496 e. The van der Waals surface area contributed by atoms with E-state index < -0.39 is 5.97 Å². The third kappa shape index (κ3) is 4.57. The summed E-state index contributed by atoms with van der Waals surface area (Å²) in [6.07, 6.45) is 1.39. The maximum absolute atomic E-state index is 12.1. The van der Waals surface area contributed by atoms with Gasteiger partial charge in [0.2, 0.25) is 0 Å². The number of carboxylic acids is 1. The van der Waals surface area contributed by atoms with Gasteiger partial charge in [0.25, 0.3) is 5.91 Å². The predicted octanol–water partition coefficient (Wildman–Crippen LogP) is 2.38. The zero-order chi connectivity index (χ0) is 15.1. The molecule has 0 fully saturated rings. The Morgan fingerprint density at radius 1 is 1.40 bits per heavy atom. The van der Waals surface area contributed by atoms with E-state index in [0.29, 0.717) is 17.7 Å². The summed E-state index contributed by atoms with van der Waals surface area (Å²) in [5.41, 5.74) is 1.42. The quantitative estimate of drug-likeness (QED) is 0.803. The first kappa shape index (κ1) is 16.0. The van der Waals surface area contributed by atoms with Crippen LogP contribution in [0.4, 0.5) is 0 Å². The van der Waals surface area contributed by atoms with Crippen LogP contribution in [0.1, 0.15) is 42.1 Å². The van der Waals surface area contributed by atoms with Crippen molar-refractivity contribution in [2.45, 2.75) is 39.2 Å². The van der Waals surface area contributed by atoms with Crippen LogP contribution in [-0.2, 0) is 4.79 Å². The van der Waals surface area contributed by atoms with E-state index in [4.69, 9.17) is 9.84 Å². The van der Waals surface area contributed by atoms with E-state index in [9.17, 15) is 9.59 Å². The number of aryl methyl sites for hydroxylation is 1. The average molecular weight is 279 g/mol. The van der Waals surface area contributed by atoms with Crippen LogP contribution in [0.2, 0.25) is 0 Å². The first-order valence-corrected chi connectivity index (χ1v) is 6.65. The number of benzene rings is 1. The number of amides is 1. The number of hydrogen-bond donors (Lipinski definition) is 2. The molecule has 1 amide bonds. The van der Waals surface area contributed by atoms with Crippen molar-refractivity contribution in [1.82, 2.24) is 5.32 Å². The molecule has 0 saturated heterocycles. The van der Waals surface area contributed by atoms with Crippen LogP contribution < -0.4 is 10.1 Å². The smallest absolute Gasteiger partial charge is 0.305 e. The summed E-state index contributed by atoms with van der Waals surface area (Å²) < 4.78 is 5.18. The molecule has 0 bridgehead atoms. The SMILES string of the molecule is CCCC(CC(=O)O)NC(=O)c1ccc(C)c(OC)c1. The lowest BCUT2D eigenvalue weighted by molar-refractivity contribution is -0.137. The second kappa shape index (κ2) is 7.53. The van der Waals surface area contributed by atoms with Crippen molar-refractivity contribution in [2.24, 2.45) is 0 Å². The van der Waals surface area contributed by atoms with Crippen LogP contribution >= 0.6 is 0 Å². The number of aliphatic carboxylic acids is 1. The molecule has 0 aliphatic carbocycles. The van der Waals surface area contributed by atoms with Gasteiger partial charge in [0.1, 0.15) is 5.75 Å². The highest BCUT2D eigenvalue weighted by molar-refractivity contribution is 5.95. The lowest BCUT2D eigenvalue weighted by Crippen LogP contribution is -2.36. The number of rotatable bonds is 7. The maximum atomic E-state index is 12.1. The summed E-state index contributed by atoms with van der Waals surface area (Å²) in [5, 5.41) is 11.6. The van der Waals surface area contributed by atoms with E-state index in [1.165, 1.54) is 0 Å². The van der Waals surface area contributed by atoms with Crippen LogP contribution in [0.25, 0.3) is 0 Å². The van der Waals surface area contributed by atoms with Gasteiger partial charge < -0.3 is 15.2 Å². The van der Waals surface area contributed by atoms with Gasteiger partial charge in [-0.3, -0.25) is 9.59 Å². The van der Waals surface area contributed by atoms with Crippen molar-refractivity contribution in [2.75, 3.05) is 7.11 Å². The Morgan fingerprint density at radius 3 is 2.65 bits per heavy atom. The summed E-state index contributed by atoms with van der Waals surface area (Å²) >= 11 is 0. The molecule has 0 heterocycles. The van der Waals surface area contributed by atoms with E-state index in [1.54, 1.807) is 25.3 Å². The molecular weight excluding hydrogens is 258 g/mol. The fourth-order valence-electron chi connectivity index (χ4n) is 2.01. The van der Waals surface area contributed by atoms with E-state index in [0.717, 1.165) is 12.0 Å². The maximum Gasteiger partial charge on any atom is 0.305 e. The number of ether oxygens (including phenoxy) is 1. The van der Waals surface area contributed by atoms with E-state index in [1.807, 2.05) is 13.8 Å². The van der Waals surface area contributed by atoms with Gasteiger partial charge >= 0.3 is 5.97 Å². The molecule has 1 rings (SSSR count). The molecule has 5 heteroatoms. The molecule has 110 valence electrons. The second-order valence-electron chi connectivity index (χ2n) is 4.74. The van der Waals surface area contributed by atoms with Crippen LogP contribution in [0.5, 0.6) is 5.75 Å². The van der Waals surface area contributed by atoms with Crippen molar-refractivity contribution >= 4 is 11.9 Å². The predicted molar refractivity (Wildman–Crippen MR) is 76.1 cm³/mol. The number of nitrogens with one attached hydrogen (secondary N) is 1. The van der Waals surface area contributed by atoms with Gasteiger partial charge in [0, 0.05) is 11.6 Å². The summed E-state index contributed by atoms with van der Waals surface area (Å²) in [6, 6.07) is 4.82. The fraction of sp³-hybridized carbons (Fsp3) is 0.467. The fourth-order valence-corrected chi connectivity index (χ4v) is 2.01. The van der Waals surface area contributed by atoms with Crippen molar-refractivity contribution in [3.63, 3.8) is 0 Å². The van der Waals surface area contributed by atoms with E-state index in [-0.39, 0.29) is 18.4 Å². The lowest BCUT2D eigenvalue weighted by atomic mass is 10.1. The van der Waals surface area contributed by atoms with Gasteiger partial charge in [-0.2, -0.15) is 0 Å². The van der Waals surface area contributed by atoms with Crippen LogP contribution in [0.15, 0.2) is 18.2 Å². The minimum absolute atomic E-state index is 0.0669. The summed E-state index contributed by atoms with van der Waals surface area (Å²) in [4.78, 5) is 22.9. The minimum Gasteiger partial charge on any atom is -0.496 e. The zero-order valence-corrected chi connectivity index (χ0v) is 12.1. The Morgan fingerprint density at radius 2 is 2.10 bits per heavy atom. The first-order valence-electron chi connectivity index (χ1n) is 6.65. The van der Waals surface area contributed by atoms with Gasteiger partial charge in [0.15, 0.2) is 0 Å². The van der Waals surface area contributed by atoms with E-state index in [2.05, 4.69) is 5.32 Å². The molecule has 0 aliphatic heterocycles.